The Morgan fingerprint density at radius 3 is 2.38 bits per heavy atom. The SMILES string of the molecule is Cn1cnc(S(=O)(=O)N2C[C@@H](O)[C@@H](O)C2)c1. The summed E-state index contributed by atoms with van der Waals surface area (Å²) in [7, 11) is -2.04. The molecule has 0 aliphatic carbocycles. The molecule has 1 aliphatic heterocycles. The quantitative estimate of drug-likeness (QED) is 0.639. The topological polar surface area (TPSA) is 95.7 Å². The molecule has 0 amide bonds. The summed E-state index contributed by atoms with van der Waals surface area (Å²) in [5, 5.41) is 18.5. The second-order valence-corrected chi connectivity index (χ2v) is 5.72. The van der Waals surface area contributed by atoms with Gasteiger partial charge in [0, 0.05) is 26.3 Å². The lowest BCUT2D eigenvalue weighted by molar-refractivity contribution is 0.0572. The van der Waals surface area contributed by atoms with Crippen LogP contribution in [-0.2, 0) is 17.1 Å². The van der Waals surface area contributed by atoms with Crippen LogP contribution in [0.2, 0.25) is 0 Å². The van der Waals surface area contributed by atoms with E-state index in [9.17, 15) is 18.6 Å². The van der Waals surface area contributed by atoms with E-state index in [2.05, 4.69) is 4.98 Å². The Morgan fingerprint density at radius 1 is 1.38 bits per heavy atom. The zero-order valence-electron chi connectivity index (χ0n) is 8.68. The van der Waals surface area contributed by atoms with Gasteiger partial charge in [-0.25, -0.2) is 13.4 Å². The van der Waals surface area contributed by atoms with Crippen molar-refractivity contribution in [3.63, 3.8) is 0 Å². The molecule has 1 aromatic rings. The van der Waals surface area contributed by atoms with E-state index in [0.29, 0.717) is 0 Å². The standard InChI is InChI=1S/C8H13N3O4S/c1-10-4-8(9-5-10)16(14,15)11-2-6(12)7(13)3-11/h4-7,12-13H,2-3H2,1H3/t6-,7+. The highest BCUT2D eigenvalue weighted by Crippen LogP contribution is 2.19. The Bertz CT molecular complexity index is 473. The second kappa shape index (κ2) is 3.81. The van der Waals surface area contributed by atoms with Crippen molar-refractivity contribution in [2.75, 3.05) is 13.1 Å². The molecule has 0 saturated carbocycles. The fourth-order valence-electron chi connectivity index (χ4n) is 1.59. The Kier molecular flexibility index (Phi) is 2.74. The van der Waals surface area contributed by atoms with E-state index in [1.165, 1.54) is 17.1 Å². The van der Waals surface area contributed by atoms with Gasteiger partial charge >= 0.3 is 0 Å². The summed E-state index contributed by atoms with van der Waals surface area (Å²) >= 11 is 0. The van der Waals surface area contributed by atoms with Crippen LogP contribution in [0.15, 0.2) is 17.6 Å². The molecule has 1 aromatic heterocycles. The van der Waals surface area contributed by atoms with Gasteiger partial charge in [0.2, 0.25) is 0 Å². The minimum atomic E-state index is -3.70. The summed E-state index contributed by atoms with van der Waals surface area (Å²) in [5.74, 6) is 0. The lowest BCUT2D eigenvalue weighted by Crippen LogP contribution is -2.30. The van der Waals surface area contributed by atoms with Crippen molar-refractivity contribution in [3.05, 3.63) is 12.5 Å². The summed E-state index contributed by atoms with van der Waals surface area (Å²) < 4.78 is 26.5. The van der Waals surface area contributed by atoms with Gasteiger partial charge in [-0.3, -0.25) is 0 Å². The van der Waals surface area contributed by atoms with E-state index in [1.54, 1.807) is 7.05 Å². The Hall–Kier alpha value is -0.960. The predicted octanol–water partition coefficient (Wildman–Crippen LogP) is -1.85. The number of nitrogens with zero attached hydrogens (tertiary/aromatic N) is 3. The number of aliphatic hydroxyl groups is 2. The van der Waals surface area contributed by atoms with Crippen LogP contribution in [0, 0.1) is 0 Å². The van der Waals surface area contributed by atoms with Gasteiger partial charge in [-0.2, -0.15) is 4.31 Å². The number of hydrogen-bond donors (Lipinski definition) is 2. The fourth-order valence-corrected chi connectivity index (χ4v) is 3.03. The third-order valence-corrected chi connectivity index (χ3v) is 4.23. The summed E-state index contributed by atoms with van der Waals surface area (Å²) in [6, 6.07) is 0. The van der Waals surface area contributed by atoms with E-state index in [4.69, 9.17) is 0 Å². The molecule has 7 nitrogen and oxygen atoms in total. The highest BCUT2D eigenvalue weighted by atomic mass is 32.2. The molecule has 2 heterocycles. The minimum absolute atomic E-state index is 0.0729. The monoisotopic (exact) mass is 247 g/mol. The molecule has 2 N–H and O–H groups in total. The molecule has 0 unspecified atom stereocenters. The average molecular weight is 247 g/mol. The van der Waals surface area contributed by atoms with E-state index in [1.807, 2.05) is 0 Å². The van der Waals surface area contributed by atoms with Crippen LogP contribution in [0.4, 0.5) is 0 Å². The Morgan fingerprint density at radius 2 is 1.94 bits per heavy atom. The third kappa shape index (κ3) is 1.84. The summed E-state index contributed by atoms with van der Waals surface area (Å²) in [5.41, 5.74) is 0. The van der Waals surface area contributed by atoms with Crippen molar-refractivity contribution in [1.29, 1.82) is 0 Å². The Balaban J connectivity index is 2.27. The molecule has 0 spiro atoms. The predicted molar refractivity (Wildman–Crippen MR) is 54.0 cm³/mol. The molecule has 1 aliphatic rings. The van der Waals surface area contributed by atoms with Gasteiger partial charge in [0.25, 0.3) is 10.0 Å². The normalized spacial score (nSPS) is 27.4. The van der Waals surface area contributed by atoms with Gasteiger partial charge in [-0.15, -0.1) is 0 Å². The minimum Gasteiger partial charge on any atom is -0.389 e. The van der Waals surface area contributed by atoms with Gasteiger partial charge in [0.1, 0.15) is 0 Å². The first-order valence-electron chi connectivity index (χ1n) is 4.75. The first kappa shape index (κ1) is 11.5. The number of sulfonamides is 1. The van der Waals surface area contributed by atoms with Crippen molar-refractivity contribution >= 4 is 10.0 Å². The summed E-state index contributed by atoms with van der Waals surface area (Å²) in [6.45, 7) is -0.194. The first-order chi connectivity index (χ1) is 7.41. The van der Waals surface area contributed by atoms with Crippen molar-refractivity contribution in [2.24, 2.45) is 7.05 Å². The van der Waals surface area contributed by atoms with Gasteiger partial charge in [-0.1, -0.05) is 0 Å². The zero-order chi connectivity index (χ0) is 11.9. The largest absolute Gasteiger partial charge is 0.389 e. The summed E-state index contributed by atoms with van der Waals surface area (Å²) in [4.78, 5) is 3.75. The summed E-state index contributed by atoms with van der Waals surface area (Å²) in [6.07, 6.45) is 0.708. The van der Waals surface area contributed by atoms with Gasteiger partial charge < -0.3 is 14.8 Å². The van der Waals surface area contributed by atoms with Gasteiger partial charge in [0.15, 0.2) is 5.03 Å². The van der Waals surface area contributed by atoms with Crippen LogP contribution in [0.1, 0.15) is 0 Å². The van der Waals surface area contributed by atoms with E-state index in [-0.39, 0.29) is 18.1 Å². The molecule has 0 aromatic carbocycles. The van der Waals surface area contributed by atoms with Crippen molar-refractivity contribution in [3.8, 4) is 0 Å². The first-order valence-corrected chi connectivity index (χ1v) is 6.19. The molecule has 2 atom stereocenters. The molecule has 8 heteroatoms. The lowest BCUT2D eigenvalue weighted by Gasteiger charge is -2.12. The van der Waals surface area contributed by atoms with Crippen LogP contribution in [0.25, 0.3) is 0 Å². The smallest absolute Gasteiger partial charge is 0.262 e. The number of hydrogen-bond acceptors (Lipinski definition) is 5. The number of β-amino-alcohol motifs (C(OH)–C–C–N with tert-alkyl or cyclic N) is 2. The molecular weight excluding hydrogens is 234 g/mol. The molecule has 1 fully saturated rings. The van der Waals surface area contributed by atoms with Gasteiger partial charge in [0.05, 0.1) is 18.5 Å². The zero-order valence-corrected chi connectivity index (χ0v) is 9.50. The maximum Gasteiger partial charge on any atom is 0.262 e. The van der Waals surface area contributed by atoms with E-state index < -0.39 is 22.2 Å². The van der Waals surface area contributed by atoms with Crippen molar-refractivity contribution in [1.82, 2.24) is 13.9 Å². The second-order valence-electron chi connectivity index (χ2n) is 3.83. The Labute approximate surface area is 93.0 Å². The number of aromatic nitrogens is 2. The van der Waals surface area contributed by atoms with E-state index in [0.717, 1.165) is 4.31 Å². The third-order valence-electron chi connectivity index (χ3n) is 2.51. The molecule has 1 saturated heterocycles. The molecule has 0 bridgehead atoms. The molecule has 90 valence electrons. The molecule has 0 radical (unpaired) electrons. The maximum atomic E-state index is 12.0. The van der Waals surface area contributed by atoms with Crippen LogP contribution in [-0.4, -0.2) is 57.8 Å². The van der Waals surface area contributed by atoms with Crippen molar-refractivity contribution in [2.45, 2.75) is 17.2 Å². The average Bonchev–Trinajstić information content (AvgIpc) is 2.75. The number of aryl methyl sites for hydroxylation is 1. The molecule has 16 heavy (non-hydrogen) atoms. The number of imidazole rings is 1. The maximum absolute atomic E-state index is 12.0. The lowest BCUT2D eigenvalue weighted by atomic mass is 10.3. The molecule has 2 rings (SSSR count). The van der Waals surface area contributed by atoms with Gasteiger partial charge in [-0.05, 0) is 0 Å². The van der Waals surface area contributed by atoms with Crippen LogP contribution >= 0.6 is 0 Å². The fraction of sp³-hybridized carbons (Fsp3) is 0.625. The van der Waals surface area contributed by atoms with Crippen LogP contribution in [0.5, 0.6) is 0 Å². The molecular formula is C8H13N3O4S. The van der Waals surface area contributed by atoms with Crippen LogP contribution in [0.3, 0.4) is 0 Å². The highest BCUT2D eigenvalue weighted by molar-refractivity contribution is 7.89. The van der Waals surface area contributed by atoms with E-state index >= 15 is 0 Å². The highest BCUT2D eigenvalue weighted by Gasteiger charge is 2.38. The van der Waals surface area contributed by atoms with Crippen molar-refractivity contribution < 1.29 is 18.6 Å². The number of aliphatic hydroxyl groups excluding tert-OH is 2. The number of rotatable bonds is 2. The van der Waals surface area contributed by atoms with Crippen LogP contribution < -0.4 is 0 Å².